The SMILES string of the molecule is NCC1CN(c2ncnc3ccsc23)CCO1. The van der Waals surface area contributed by atoms with Crippen LogP contribution >= 0.6 is 11.3 Å². The first-order valence-corrected chi connectivity index (χ1v) is 6.51. The molecule has 0 spiro atoms. The average Bonchev–Trinajstić information content (AvgIpc) is 2.87. The van der Waals surface area contributed by atoms with Crippen molar-refractivity contribution < 1.29 is 4.74 Å². The molecule has 1 saturated heterocycles. The van der Waals surface area contributed by atoms with Crippen LogP contribution in [0.2, 0.25) is 0 Å². The quantitative estimate of drug-likeness (QED) is 0.856. The van der Waals surface area contributed by atoms with Crippen LogP contribution in [0, 0.1) is 0 Å². The van der Waals surface area contributed by atoms with E-state index in [-0.39, 0.29) is 6.10 Å². The smallest absolute Gasteiger partial charge is 0.150 e. The summed E-state index contributed by atoms with van der Waals surface area (Å²) in [4.78, 5) is 10.9. The second kappa shape index (κ2) is 4.56. The summed E-state index contributed by atoms with van der Waals surface area (Å²) in [7, 11) is 0. The Hall–Kier alpha value is -1.24. The molecule has 1 atom stereocenters. The maximum Gasteiger partial charge on any atom is 0.150 e. The first kappa shape index (κ1) is 10.9. The van der Waals surface area contributed by atoms with Gasteiger partial charge in [-0.05, 0) is 11.4 Å². The summed E-state index contributed by atoms with van der Waals surface area (Å²) in [5.41, 5.74) is 6.66. The Kier molecular flexibility index (Phi) is 2.92. The molecule has 0 radical (unpaired) electrons. The minimum absolute atomic E-state index is 0.105. The Morgan fingerprint density at radius 2 is 2.47 bits per heavy atom. The summed E-state index contributed by atoms with van der Waals surface area (Å²) in [6.45, 7) is 2.93. The summed E-state index contributed by atoms with van der Waals surface area (Å²) in [6, 6.07) is 2.02. The molecule has 0 amide bonds. The summed E-state index contributed by atoms with van der Waals surface area (Å²) in [5.74, 6) is 1.01. The summed E-state index contributed by atoms with van der Waals surface area (Å²) in [6.07, 6.45) is 1.73. The van der Waals surface area contributed by atoms with Crippen molar-refractivity contribution in [3.8, 4) is 0 Å². The van der Waals surface area contributed by atoms with E-state index in [0.29, 0.717) is 13.2 Å². The van der Waals surface area contributed by atoms with E-state index in [0.717, 1.165) is 29.1 Å². The van der Waals surface area contributed by atoms with Crippen LogP contribution in [0.5, 0.6) is 0 Å². The molecular weight excluding hydrogens is 236 g/mol. The first-order chi connectivity index (χ1) is 8.38. The molecular formula is C11H14N4OS. The second-order valence-electron chi connectivity index (χ2n) is 4.01. The van der Waals surface area contributed by atoms with E-state index in [4.69, 9.17) is 10.5 Å². The van der Waals surface area contributed by atoms with Crippen LogP contribution in [0.1, 0.15) is 0 Å². The number of thiophene rings is 1. The molecule has 90 valence electrons. The van der Waals surface area contributed by atoms with Gasteiger partial charge in [-0.25, -0.2) is 9.97 Å². The monoisotopic (exact) mass is 250 g/mol. The van der Waals surface area contributed by atoms with Crippen LogP contribution < -0.4 is 10.6 Å². The van der Waals surface area contributed by atoms with Crippen LogP contribution in [-0.4, -0.2) is 42.3 Å². The molecule has 1 unspecified atom stereocenters. The molecule has 3 heterocycles. The molecule has 6 heteroatoms. The molecule has 2 aromatic rings. The summed E-state index contributed by atoms with van der Waals surface area (Å²) in [5, 5.41) is 2.05. The fourth-order valence-electron chi connectivity index (χ4n) is 2.06. The lowest BCUT2D eigenvalue weighted by atomic mass is 10.2. The predicted octanol–water partition coefficient (Wildman–Crippen LogP) is 0.855. The standard InChI is InChI=1S/C11H14N4OS/c12-5-8-6-15(2-3-16-8)11-10-9(1-4-17-10)13-7-14-11/h1,4,7-8H,2-3,5-6,12H2. The Morgan fingerprint density at radius 3 is 3.35 bits per heavy atom. The largest absolute Gasteiger partial charge is 0.373 e. The highest BCUT2D eigenvalue weighted by molar-refractivity contribution is 7.17. The third-order valence-corrected chi connectivity index (χ3v) is 3.83. The Bertz CT molecular complexity index is 515. The minimum Gasteiger partial charge on any atom is -0.373 e. The van der Waals surface area contributed by atoms with Crippen molar-refractivity contribution in [3.63, 3.8) is 0 Å². The maximum absolute atomic E-state index is 5.65. The number of morpholine rings is 1. The van der Waals surface area contributed by atoms with Crippen molar-refractivity contribution in [3.05, 3.63) is 17.8 Å². The van der Waals surface area contributed by atoms with Gasteiger partial charge in [0.15, 0.2) is 0 Å². The molecule has 5 nitrogen and oxygen atoms in total. The van der Waals surface area contributed by atoms with Gasteiger partial charge in [0.25, 0.3) is 0 Å². The molecule has 17 heavy (non-hydrogen) atoms. The lowest BCUT2D eigenvalue weighted by Gasteiger charge is -2.33. The molecule has 1 aliphatic heterocycles. The lowest BCUT2D eigenvalue weighted by Crippen LogP contribution is -2.46. The van der Waals surface area contributed by atoms with E-state index in [1.54, 1.807) is 17.7 Å². The molecule has 1 aliphatic rings. The van der Waals surface area contributed by atoms with Crippen LogP contribution in [0.25, 0.3) is 10.2 Å². The van der Waals surface area contributed by atoms with Crippen molar-refractivity contribution in [2.45, 2.75) is 6.10 Å². The number of anilines is 1. The van der Waals surface area contributed by atoms with Gasteiger partial charge in [-0.3, -0.25) is 0 Å². The molecule has 1 fully saturated rings. The van der Waals surface area contributed by atoms with E-state index in [9.17, 15) is 0 Å². The van der Waals surface area contributed by atoms with Crippen LogP contribution in [0.4, 0.5) is 5.82 Å². The number of rotatable bonds is 2. The molecule has 0 saturated carbocycles. The van der Waals surface area contributed by atoms with E-state index in [1.807, 2.05) is 11.4 Å². The van der Waals surface area contributed by atoms with E-state index >= 15 is 0 Å². The third-order valence-electron chi connectivity index (χ3n) is 2.93. The highest BCUT2D eigenvalue weighted by Gasteiger charge is 2.22. The molecule has 2 aromatic heterocycles. The van der Waals surface area contributed by atoms with Crippen LogP contribution in [0.15, 0.2) is 17.8 Å². The summed E-state index contributed by atoms with van der Waals surface area (Å²) >= 11 is 1.68. The number of ether oxygens (including phenoxy) is 1. The number of fused-ring (bicyclic) bond motifs is 1. The normalized spacial score (nSPS) is 21.0. The van der Waals surface area contributed by atoms with Gasteiger partial charge in [0.2, 0.25) is 0 Å². The molecule has 0 aliphatic carbocycles. The molecule has 2 N–H and O–H groups in total. The Morgan fingerprint density at radius 1 is 1.53 bits per heavy atom. The lowest BCUT2D eigenvalue weighted by molar-refractivity contribution is 0.0464. The topological polar surface area (TPSA) is 64.3 Å². The number of nitrogens with zero attached hydrogens (tertiary/aromatic N) is 3. The van der Waals surface area contributed by atoms with Crippen LogP contribution in [0.3, 0.4) is 0 Å². The average molecular weight is 250 g/mol. The van der Waals surface area contributed by atoms with Crippen molar-refractivity contribution in [1.29, 1.82) is 0 Å². The second-order valence-corrected chi connectivity index (χ2v) is 4.92. The number of hydrogen-bond acceptors (Lipinski definition) is 6. The van der Waals surface area contributed by atoms with E-state index in [2.05, 4.69) is 14.9 Å². The van der Waals surface area contributed by atoms with Gasteiger partial charge >= 0.3 is 0 Å². The number of nitrogens with two attached hydrogens (primary N) is 1. The minimum atomic E-state index is 0.105. The van der Waals surface area contributed by atoms with Gasteiger partial charge < -0.3 is 15.4 Å². The van der Waals surface area contributed by atoms with E-state index in [1.165, 1.54) is 0 Å². The molecule has 3 rings (SSSR count). The zero-order chi connectivity index (χ0) is 11.7. The molecule has 0 bridgehead atoms. The zero-order valence-corrected chi connectivity index (χ0v) is 10.2. The highest BCUT2D eigenvalue weighted by Crippen LogP contribution is 2.28. The fraction of sp³-hybridized carbons (Fsp3) is 0.455. The highest BCUT2D eigenvalue weighted by atomic mass is 32.1. The third kappa shape index (κ3) is 1.99. The first-order valence-electron chi connectivity index (χ1n) is 5.63. The van der Waals surface area contributed by atoms with Crippen LogP contribution in [-0.2, 0) is 4.74 Å². The number of hydrogen-bond donors (Lipinski definition) is 1. The maximum atomic E-state index is 5.65. The van der Waals surface area contributed by atoms with Gasteiger partial charge in [-0.15, -0.1) is 11.3 Å². The Balaban J connectivity index is 1.94. The van der Waals surface area contributed by atoms with Crippen molar-refractivity contribution >= 4 is 27.4 Å². The van der Waals surface area contributed by atoms with Crippen molar-refractivity contribution in [1.82, 2.24) is 9.97 Å². The van der Waals surface area contributed by atoms with Gasteiger partial charge in [0.1, 0.15) is 12.1 Å². The van der Waals surface area contributed by atoms with Crippen molar-refractivity contribution in [2.75, 3.05) is 31.1 Å². The molecule has 0 aromatic carbocycles. The number of aromatic nitrogens is 2. The Labute approximate surface area is 103 Å². The van der Waals surface area contributed by atoms with Gasteiger partial charge in [0, 0.05) is 19.6 Å². The summed E-state index contributed by atoms with van der Waals surface area (Å²) < 4.78 is 6.71. The van der Waals surface area contributed by atoms with Crippen molar-refractivity contribution in [2.24, 2.45) is 5.73 Å². The van der Waals surface area contributed by atoms with Gasteiger partial charge in [-0.2, -0.15) is 0 Å². The predicted molar refractivity (Wildman–Crippen MR) is 68.4 cm³/mol. The van der Waals surface area contributed by atoms with Gasteiger partial charge in [-0.1, -0.05) is 0 Å². The zero-order valence-electron chi connectivity index (χ0n) is 9.37. The van der Waals surface area contributed by atoms with E-state index < -0.39 is 0 Å². The van der Waals surface area contributed by atoms with Gasteiger partial charge in [0.05, 0.1) is 22.9 Å². The fourth-order valence-corrected chi connectivity index (χ4v) is 2.92.